The Kier molecular flexibility index (Phi) is 15.5. The zero-order chi connectivity index (χ0) is 41.7. The molecule has 4 unspecified atom stereocenters. The summed E-state index contributed by atoms with van der Waals surface area (Å²) in [5.41, 5.74) is 3.96. The lowest BCUT2D eigenvalue weighted by molar-refractivity contribution is -0.0471. The van der Waals surface area contributed by atoms with E-state index in [-0.39, 0.29) is 49.0 Å². The Hall–Kier alpha value is -5.32. The number of carbonyl (C=O) groups is 4. The van der Waals surface area contributed by atoms with Crippen LogP contribution in [0, 0.1) is 0 Å². The Morgan fingerprint density at radius 1 is 0.508 bits per heavy atom. The summed E-state index contributed by atoms with van der Waals surface area (Å²) < 4.78 is 49.1. The van der Waals surface area contributed by atoms with E-state index in [1.165, 1.54) is 45.4 Å². The minimum absolute atomic E-state index is 0.0172. The van der Waals surface area contributed by atoms with Crippen LogP contribution in [0.2, 0.25) is 0 Å². The second kappa shape index (κ2) is 21.1. The Labute approximate surface area is 342 Å². The van der Waals surface area contributed by atoms with Crippen LogP contribution in [0.5, 0.6) is 0 Å². The van der Waals surface area contributed by atoms with Crippen LogP contribution in [0.1, 0.15) is 59.5 Å². The summed E-state index contributed by atoms with van der Waals surface area (Å²) in [4.78, 5) is 45.8. The molecule has 1 N–H and O–H groups in total. The third-order valence-corrected chi connectivity index (χ3v) is 10.1. The van der Waals surface area contributed by atoms with Crippen LogP contribution >= 0.6 is 0 Å². The van der Waals surface area contributed by atoms with Crippen molar-refractivity contribution >= 4 is 23.7 Å². The van der Waals surface area contributed by atoms with E-state index in [9.17, 15) is 24.3 Å². The highest BCUT2D eigenvalue weighted by molar-refractivity contribution is 5.96. The number of fused-ring (bicyclic) bond motifs is 2. The summed E-state index contributed by atoms with van der Waals surface area (Å²) in [6, 6.07) is 32.4. The van der Waals surface area contributed by atoms with Crippen molar-refractivity contribution in [2.75, 3.05) is 40.6 Å². The second-order valence-corrected chi connectivity index (χ2v) is 14.1. The van der Waals surface area contributed by atoms with Crippen LogP contribution in [0.25, 0.3) is 0 Å². The Morgan fingerprint density at radius 2 is 0.881 bits per heavy atom. The van der Waals surface area contributed by atoms with Gasteiger partial charge in [0.05, 0.1) is 70.6 Å². The highest BCUT2D eigenvalue weighted by Gasteiger charge is 2.50. The molecule has 4 heterocycles. The van der Waals surface area contributed by atoms with Gasteiger partial charge in [-0.2, -0.15) is 0 Å². The number of benzene rings is 4. The first-order valence-corrected chi connectivity index (χ1v) is 19.2. The number of aliphatic hydroxyl groups excluding tert-OH is 1. The number of carbonyl (C=O) groups excluding carboxylic acids is 4. The lowest BCUT2D eigenvalue weighted by Gasteiger charge is -2.17. The molecular weight excluding hydrogens is 764 g/mol. The van der Waals surface area contributed by atoms with E-state index in [2.05, 4.69) is 9.47 Å². The third kappa shape index (κ3) is 11.5. The van der Waals surface area contributed by atoms with Gasteiger partial charge in [-0.25, -0.2) is 14.4 Å². The lowest BCUT2D eigenvalue weighted by atomic mass is 10.1. The minimum atomic E-state index is -0.509. The van der Waals surface area contributed by atoms with E-state index >= 15 is 0 Å². The van der Waals surface area contributed by atoms with Crippen LogP contribution in [-0.4, -0.2) is 118 Å². The quantitative estimate of drug-likeness (QED) is 0.125. The van der Waals surface area contributed by atoms with Crippen molar-refractivity contribution in [1.82, 2.24) is 0 Å². The molecule has 0 aromatic heterocycles. The van der Waals surface area contributed by atoms with E-state index in [1.807, 2.05) is 60.7 Å². The highest BCUT2D eigenvalue weighted by Crippen LogP contribution is 2.32. The summed E-state index contributed by atoms with van der Waals surface area (Å²) in [6.07, 6.45) is -2.24. The van der Waals surface area contributed by atoms with Crippen molar-refractivity contribution in [3.63, 3.8) is 0 Å². The number of hydrogen-bond donors (Lipinski definition) is 1. The third-order valence-electron chi connectivity index (χ3n) is 10.1. The van der Waals surface area contributed by atoms with Crippen molar-refractivity contribution in [1.29, 1.82) is 0 Å². The first-order chi connectivity index (χ1) is 28.6. The number of rotatable bonds is 11. The largest absolute Gasteiger partial charge is 0.465 e. The molecule has 0 aliphatic carbocycles. The van der Waals surface area contributed by atoms with Crippen LogP contribution < -0.4 is 0 Å². The van der Waals surface area contributed by atoms with E-state index in [0.717, 1.165) is 11.1 Å². The number of aliphatic hydroxyl groups is 1. The average Bonchev–Trinajstić information content (AvgIpc) is 4.07. The molecule has 0 bridgehead atoms. The van der Waals surface area contributed by atoms with Gasteiger partial charge in [0.25, 0.3) is 0 Å². The van der Waals surface area contributed by atoms with E-state index in [0.29, 0.717) is 55.3 Å². The van der Waals surface area contributed by atoms with Gasteiger partial charge in [0.15, 0.2) is 11.9 Å². The number of Topliss-reactive ketones (excluding diaryl/α,β-unsaturated/α-hetero) is 1. The zero-order valence-electron chi connectivity index (χ0n) is 33.0. The summed E-state index contributed by atoms with van der Waals surface area (Å²) in [6.45, 7) is 4.00. The van der Waals surface area contributed by atoms with Gasteiger partial charge < -0.3 is 47.7 Å². The van der Waals surface area contributed by atoms with E-state index in [1.54, 1.807) is 24.3 Å². The monoisotopic (exact) mass is 812 g/mol. The summed E-state index contributed by atoms with van der Waals surface area (Å²) >= 11 is 0. The number of esters is 3. The Bertz CT molecular complexity index is 1970. The van der Waals surface area contributed by atoms with Crippen molar-refractivity contribution < 1.29 is 66.9 Å². The minimum Gasteiger partial charge on any atom is -0.465 e. The summed E-state index contributed by atoms with van der Waals surface area (Å²) in [5, 5.41) is 9.60. The molecule has 4 aliphatic heterocycles. The van der Waals surface area contributed by atoms with Gasteiger partial charge in [-0.05, 0) is 54.4 Å². The highest BCUT2D eigenvalue weighted by atomic mass is 16.7. The summed E-state index contributed by atoms with van der Waals surface area (Å²) in [5.74, 6) is -1.36. The molecule has 4 aromatic carbocycles. The molecule has 14 heteroatoms. The molecule has 0 amide bonds. The first kappa shape index (κ1) is 43.3. The maximum atomic E-state index is 12.5. The Morgan fingerprint density at radius 3 is 1.34 bits per heavy atom. The molecule has 8 rings (SSSR count). The number of ketones is 1. The SMILES string of the molecule is COC(=O)c1ccc(C(=O)O[C@@H]2COC3C2OC[C@@H]3OCc2ccccc2)cc1.COC(=O)c1ccc(C(C)=O)cc1.O[C@@H]1COC2C1OC[C@@H]2OCc1ccccc1. The molecule has 59 heavy (non-hydrogen) atoms. The predicted octanol–water partition coefficient (Wildman–Crippen LogP) is 4.79. The van der Waals surface area contributed by atoms with Crippen molar-refractivity contribution in [2.24, 2.45) is 0 Å². The number of ether oxygens (including phenoxy) is 9. The fourth-order valence-electron chi connectivity index (χ4n) is 6.84. The van der Waals surface area contributed by atoms with Gasteiger partial charge in [-0.1, -0.05) is 72.8 Å². The molecule has 14 nitrogen and oxygen atoms in total. The average molecular weight is 813 g/mol. The first-order valence-electron chi connectivity index (χ1n) is 19.2. The van der Waals surface area contributed by atoms with Crippen LogP contribution in [0.3, 0.4) is 0 Å². The maximum Gasteiger partial charge on any atom is 0.338 e. The van der Waals surface area contributed by atoms with Crippen molar-refractivity contribution in [3.8, 4) is 0 Å². The molecular formula is C45H48O14. The maximum absolute atomic E-state index is 12.5. The van der Waals surface area contributed by atoms with Gasteiger partial charge >= 0.3 is 17.9 Å². The lowest BCUT2D eigenvalue weighted by Crippen LogP contribution is -2.35. The van der Waals surface area contributed by atoms with E-state index < -0.39 is 30.1 Å². The van der Waals surface area contributed by atoms with Gasteiger partial charge in [-0.3, -0.25) is 4.79 Å². The van der Waals surface area contributed by atoms with Crippen LogP contribution in [-0.2, 0) is 55.8 Å². The molecule has 8 atom stereocenters. The number of methoxy groups -OCH3 is 2. The molecule has 4 aromatic rings. The molecule has 0 spiro atoms. The normalized spacial score (nSPS) is 24.9. The fraction of sp³-hybridized carbons (Fsp3) is 0.378. The zero-order valence-corrected chi connectivity index (χ0v) is 33.0. The van der Waals surface area contributed by atoms with Crippen LogP contribution in [0.4, 0.5) is 0 Å². The molecule has 4 saturated heterocycles. The van der Waals surface area contributed by atoms with Crippen LogP contribution in [0.15, 0.2) is 109 Å². The smallest absolute Gasteiger partial charge is 0.338 e. The predicted molar refractivity (Wildman–Crippen MR) is 210 cm³/mol. The summed E-state index contributed by atoms with van der Waals surface area (Å²) in [7, 11) is 2.63. The standard InChI is InChI=1S/C22H22O7.C13H16O4.C10H10O3/c1-25-21(23)15-7-9-16(10-8-15)22(24)29-18-13-28-19-17(12-27-20(18)19)26-11-14-5-3-2-4-6-14;14-10-7-16-13-11(8-17-12(10)13)15-6-9-4-2-1-3-5-9;1-7(11)8-3-5-9(6-4-8)10(12)13-2/h2-10,17-20H,11-13H2,1H3;1-5,10-14H,6-8H2;3-6H,1-2H3/t17-,18+,19?,20?;10-,11+,12?,13?;/m01./s1. The van der Waals surface area contributed by atoms with Crippen molar-refractivity contribution in [3.05, 3.63) is 143 Å². The number of hydrogen-bond acceptors (Lipinski definition) is 14. The topological polar surface area (TPSA) is 172 Å². The molecule has 312 valence electrons. The molecule has 4 fully saturated rings. The van der Waals surface area contributed by atoms with Gasteiger partial charge in [0, 0.05) is 5.56 Å². The van der Waals surface area contributed by atoms with E-state index in [4.69, 9.17) is 33.2 Å². The molecule has 0 radical (unpaired) electrons. The fourth-order valence-corrected chi connectivity index (χ4v) is 6.84. The Balaban J connectivity index is 0.000000165. The van der Waals surface area contributed by atoms with Gasteiger partial charge in [0.1, 0.15) is 42.7 Å². The second-order valence-electron chi connectivity index (χ2n) is 14.1. The molecule has 0 saturated carbocycles. The van der Waals surface area contributed by atoms with Crippen molar-refractivity contribution in [2.45, 2.75) is 69.0 Å². The van der Waals surface area contributed by atoms with Gasteiger partial charge in [-0.15, -0.1) is 0 Å². The molecule has 4 aliphatic rings. The van der Waals surface area contributed by atoms with Gasteiger partial charge in [0.2, 0.25) is 0 Å².